The monoisotopic (exact) mass is 321 g/mol. The van der Waals surface area contributed by atoms with Crippen LogP contribution in [0.15, 0.2) is 52.1 Å². The summed E-state index contributed by atoms with van der Waals surface area (Å²) in [6, 6.07) is 6.43. The van der Waals surface area contributed by atoms with Gasteiger partial charge >= 0.3 is 0 Å². The first-order valence-corrected chi connectivity index (χ1v) is 6.41. The maximum Gasteiger partial charge on any atom is 0.276 e. The highest BCUT2D eigenvalue weighted by atomic mass is 79.9. The average molecular weight is 322 g/mol. The molecule has 0 N–H and O–H groups in total. The van der Waals surface area contributed by atoms with Crippen LogP contribution < -0.4 is 5.56 Å². The Bertz CT molecular complexity index is 809. The third-order valence-corrected chi connectivity index (χ3v) is 3.39. The predicted molar refractivity (Wildman–Crippen MR) is 72.7 cm³/mol. The van der Waals surface area contributed by atoms with Crippen LogP contribution in [-0.2, 0) is 6.54 Å². The largest absolute Gasteiger partial charge is 0.308 e. The molecule has 0 bridgehead atoms. The number of benzene rings is 1. The Morgan fingerprint density at radius 3 is 2.89 bits per heavy atom. The summed E-state index contributed by atoms with van der Waals surface area (Å²) in [5, 5.41) is 3.98. The second kappa shape index (κ2) is 4.62. The van der Waals surface area contributed by atoms with Crippen LogP contribution in [0.25, 0.3) is 5.52 Å². The van der Waals surface area contributed by atoms with Gasteiger partial charge in [-0.1, -0.05) is 22.0 Å². The second-order valence-corrected chi connectivity index (χ2v) is 5.04. The number of hydrogen-bond acceptors (Lipinski definition) is 2. The Morgan fingerprint density at radius 2 is 2.11 bits per heavy atom. The second-order valence-electron chi connectivity index (χ2n) is 4.13. The smallest absolute Gasteiger partial charge is 0.276 e. The van der Waals surface area contributed by atoms with Crippen LogP contribution in [0.4, 0.5) is 4.39 Å². The van der Waals surface area contributed by atoms with Crippen LogP contribution >= 0.6 is 15.9 Å². The minimum atomic E-state index is -0.338. The zero-order chi connectivity index (χ0) is 13.4. The molecular formula is C13H9BrFN3O. The molecule has 6 heteroatoms. The van der Waals surface area contributed by atoms with Crippen molar-refractivity contribution < 1.29 is 4.39 Å². The maximum atomic E-state index is 13.8. The van der Waals surface area contributed by atoms with Gasteiger partial charge in [-0.05, 0) is 18.2 Å². The highest BCUT2D eigenvalue weighted by Gasteiger charge is 2.07. The molecule has 0 fully saturated rings. The summed E-state index contributed by atoms with van der Waals surface area (Å²) >= 11 is 3.20. The van der Waals surface area contributed by atoms with Crippen molar-refractivity contribution in [1.82, 2.24) is 14.2 Å². The molecule has 3 aromatic rings. The van der Waals surface area contributed by atoms with Crippen LogP contribution in [0.3, 0.4) is 0 Å². The van der Waals surface area contributed by atoms with Gasteiger partial charge in [-0.25, -0.2) is 8.91 Å². The summed E-state index contributed by atoms with van der Waals surface area (Å²) in [6.45, 7) is 0.194. The van der Waals surface area contributed by atoms with Crippen molar-refractivity contribution in [3.8, 4) is 0 Å². The van der Waals surface area contributed by atoms with Crippen LogP contribution in [0.1, 0.15) is 5.56 Å². The molecule has 2 heterocycles. The van der Waals surface area contributed by atoms with E-state index in [2.05, 4.69) is 21.0 Å². The summed E-state index contributed by atoms with van der Waals surface area (Å²) in [4.78, 5) is 12.1. The van der Waals surface area contributed by atoms with Crippen LogP contribution in [0.2, 0.25) is 0 Å². The first-order valence-electron chi connectivity index (χ1n) is 5.62. The quantitative estimate of drug-likeness (QED) is 0.727. The third kappa shape index (κ3) is 2.19. The molecule has 0 aliphatic heterocycles. The van der Waals surface area contributed by atoms with Crippen LogP contribution in [-0.4, -0.2) is 14.2 Å². The van der Waals surface area contributed by atoms with E-state index >= 15 is 0 Å². The van der Waals surface area contributed by atoms with E-state index in [1.165, 1.54) is 15.1 Å². The Kier molecular flexibility index (Phi) is 2.94. The third-order valence-electron chi connectivity index (χ3n) is 2.89. The molecule has 0 radical (unpaired) electrons. The summed E-state index contributed by atoms with van der Waals surface area (Å²) in [7, 11) is 0. The van der Waals surface area contributed by atoms with Crippen LogP contribution in [0, 0.1) is 5.82 Å². The van der Waals surface area contributed by atoms with Crippen molar-refractivity contribution in [2.24, 2.45) is 0 Å². The molecular weight excluding hydrogens is 313 g/mol. The maximum absolute atomic E-state index is 13.8. The van der Waals surface area contributed by atoms with E-state index < -0.39 is 0 Å². The summed E-state index contributed by atoms with van der Waals surface area (Å²) in [5.41, 5.74) is 0.747. The molecule has 0 aliphatic rings. The lowest BCUT2D eigenvalue weighted by atomic mass is 10.2. The fourth-order valence-electron chi connectivity index (χ4n) is 1.92. The van der Waals surface area contributed by atoms with E-state index in [1.807, 2.05) is 0 Å². The van der Waals surface area contributed by atoms with Gasteiger partial charge in [-0.2, -0.15) is 5.10 Å². The first kappa shape index (κ1) is 12.1. The molecule has 2 aromatic heterocycles. The van der Waals surface area contributed by atoms with E-state index in [0.29, 0.717) is 15.6 Å². The van der Waals surface area contributed by atoms with E-state index in [4.69, 9.17) is 0 Å². The molecule has 0 saturated heterocycles. The van der Waals surface area contributed by atoms with Gasteiger partial charge in [0.2, 0.25) is 0 Å². The molecule has 0 unspecified atom stereocenters. The Balaban J connectivity index is 2.05. The lowest BCUT2D eigenvalue weighted by molar-refractivity contribution is 0.594. The van der Waals surface area contributed by atoms with E-state index in [0.717, 1.165) is 0 Å². The van der Waals surface area contributed by atoms with Crippen molar-refractivity contribution >= 4 is 21.4 Å². The van der Waals surface area contributed by atoms with Gasteiger partial charge in [0.25, 0.3) is 5.56 Å². The highest BCUT2D eigenvalue weighted by Crippen LogP contribution is 2.15. The van der Waals surface area contributed by atoms with Crippen molar-refractivity contribution in [3.63, 3.8) is 0 Å². The first-order chi connectivity index (χ1) is 9.15. The standard InChI is InChI=1S/C13H9BrFN3O/c14-10-2-1-9(11(15)7-10)8-17-5-6-18-12(13(17)19)3-4-16-18/h1-7H,8H2. The fourth-order valence-corrected chi connectivity index (χ4v) is 2.25. The number of nitrogens with zero attached hydrogens (tertiary/aromatic N) is 3. The molecule has 3 rings (SSSR count). The van der Waals surface area contributed by atoms with E-state index in [9.17, 15) is 9.18 Å². The molecule has 4 nitrogen and oxygen atoms in total. The van der Waals surface area contributed by atoms with Gasteiger partial charge < -0.3 is 4.57 Å². The molecule has 19 heavy (non-hydrogen) atoms. The van der Waals surface area contributed by atoms with Crippen LogP contribution in [0.5, 0.6) is 0 Å². The molecule has 0 aliphatic carbocycles. The zero-order valence-corrected chi connectivity index (χ0v) is 11.3. The number of rotatable bonds is 2. The number of hydrogen-bond donors (Lipinski definition) is 0. The van der Waals surface area contributed by atoms with Crippen molar-refractivity contribution in [1.29, 1.82) is 0 Å². The minimum Gasteiger partial charge on any atom is -0.308 e. The van der Waals surface area contributed by atoms with E-state index in [1.54, 1.807) is 36.8 Å². The number of halogens is 2. The van der Waals surface area contributed by atoms with Gasteiger partial charge in [0.1, 0.15) is 11.3 Å². The van der Waals surface area contributed by atoms with Gasteiger partial charge in [0.15, 0.2) is 0 Å². The van der Waals surface area contributed by atoms with Crippen molar-refractivity contribution in [2.45, 2.75) is 6.54 Å². The number of aromatic nitrogens is 3. The van der Waals surface area contributed by atoms with Crippen molar-refractivity contribution in [3.05, 3.63) is 69.1 Å². The van der Waals surface area contributed by atoms with Gasteiger partial charge in [-0.3, -0.25) is 4.79 Å². The lowest BCUT2D eigenvalue weighted by Gasteiger charge is -2.07. The summed E-state index contributed by atoms with van der Waals surface area (Å²) in [6.07, 6.45) is 4.83. The minimum absolute atomic E-state index is 0.192. The van der Waals surface area contributed by atoms with E-state index in [-0.39, 0.29) is 17.9 Å². The molecule has 0 spiro atoms. The molecule has 0 atom stereocenters. The highest BCUT2D eigenvalue weighted by molar-refractivity contribution is 9.10. The SMILES string of the molecule is O=c1c2ccnn2ccn1Cc1ccc(Br)cc1F. The molecule has 0 amide bonds. The van der Waals surface area contributed by atoms with Gasteiger partial charge in [0.05, 0.1) is 12.7 Å². The summed E-state index contributed by atoms with van der Waals surface area (Å²) in [5.74, 6) is -0.338. The Morgan fingerprint density at radius 1 is 1.26 bits per heavy atom. The molecule has 0 saturated carbocycles. The number of fused-ring (bicyclic) bond motifs is 1. The summed E-state index contributed by atoms with van der Waals surface area (Å²) < 4.78 is 17.4. The molecule has 1 aromatic carbocycles. The van der Waals surface area contributed by atoms with Crippen molar-refractivity contribution in [2.75, 3.05) is 0 Å². The topological polar surface area (TPSA) is 39.3 Å². The zero-order valence-electron chi connectivity index (χ0n) is 9.75. The average Bonchev–Trinajstić information content (AvgIpc) is 2.85. The Labute approximate surface area is 116 Å². The van der Waals surface area contributed by atoms with Gasteiger partial charge in [0, 0.05) is 22.4 Å². The van der Waals surface area contributed by atoms with Gasteiger partial charge in [-0.15, -0.1) is 0 Å². The molecule has 96 valence electrons. The fraction of sp³-hybridized carbons (Fsp3) is 0.0769. The Hall–Kier alpha value is -1.95. The predicted octanol–water partition coefficient (Wildman–Crippen LogP) is 2.45. The normalized spacial score (nSPS) is 11.1. The lowest BCUT2D eigenvalue weighted by Crippen LogP contribution is -2.22.